The molecule has 0 radical (unpaired) electrons. The molecule has 1 rings (SSSR count). The van der Waals surface area contributed by atoms with Gasteiger partial charge in [0, 0.05) is 16.0 Å². The molecule has 0 saturated carbocycles. The molecule has 60 valence electrons. The van der Waals surface area contributed by atoms with Crippen molar-refractivity contribution >= 4 is 9.47 Å². The van der Waals surface area contributed by atoms with Crippen molar-refractivity contribution < 1.29 is 4.52 Å². The van der Waals surface area contributed by atoms with Crippen molar-refractivity contribution in [2.24, 2.45) is 0 Å². The number of rotatable bonds is 4. The maximum absolute atomic E-state index is 4.89. The summed E-state index contributed by atoms with van der Waals surface area (Å²) < 4.78 is 4.89. The topological polar surface area (TPSA) is 12.5 Å². The molecule has 0 aromatic carbocycles. The van der Waals surface area contributed by atoms with Crippen LogP contribution >= 0.6 is 9.47 Å². The molecular weight excluding hydrogens is 145 g/mol. The fourth-order valence-electron chi connectivity index (χ4n) is 1.38. The van der Waals surface area contributed by atoms with Crippen molar-refractivity contribution in [2.45, 2.75) is 19.3 Å². The second kappa shape index (κ2) is 5.06. The summed E-state index contributed by atoms with van der Waals surface area (Å²) in [5.41, 5.74) is 0. The first-order chi connectivity index (χ1) is 4.93. The molecule has 1 aliphatic heterocycles. The van der Waals surface area contributed by atoms with E-state index in [1.54, 1.807) is 0 Å². The summed E-state index contributed by atoms with van der Waals surface area (Å²) >= 11 is 0. The Kier molecular flexibility index (Phi) is 4.27. The van der Waals surface area contributed by atoms with E-state index >= 15 is 0 Å². The lowest BCUT2D eigenvalue weighted by molar-refractivity contribution is 0.285. The van der Waals surface area contributed by atoms with Gasteiger partial charge < -0.3 is 9.42 Å². The molecule has 0 N–H and O–H groups in total. The van der Waals surface area contributed by atoms with Gasteiger partial charge in [0.2, 0.25) is 0 Å². The molecule has 0 spiro atoms. The predicted octanol–water partition coefficient (Wildman–Crippen LogP) is 1.28. The van der Waals surface area contributed by atoms with Gasteiger partial charge in [0.1, 0.15) is 0 Å². The molecule has 0 amide bonds. The molecule has 0 aromatic rings. The maximum atomic E-state index is 4.89. The third-order valence-electron chi connectivity index (χ3n) is 1.94. The van der Waals surface area contributed by atoms with Gasteiger partial charge in [-0.3, -0.25) is 0 Å². The SMILES string of the molecule is POCCCN1CCCC1. The van der Waals surface area contributed by atoms with Crippen LogP contribution in [0.2, 0.25) is 0 Å². The number of hydrogen-bond donors (Lipinski definition) is 0. The fraction of sp³-hybridized carbons (Fsp3) is 1.00. The minimum absolute atomic E-state index is 0.876. The smallest absolute Gasteiger partial charge is 0.0514 e. The summed E-state index contributed by atoms with van der Waals surface area (Å²) in [6, 6.07) is 0. The van der Waals surface area contributed by atoms with Gasteiger partial charge in [-0.1, -0.05) is 0 Å². The zero-order valence-corrected chi connectivity index (χ0v) is 7.54. The highest BCUT2D eigenvalue weighted by Crippen LogP contribution is 2.07. The largest absolute Gasteiger partial charge is 0.366 e. The Labute approximate surface area is 65.2 Å². The van der Waals surface area contributed by atoms with Crippen LogP contribution in [0.25, 0.3) is 0 Å². The first-order valence-electron chi connectivity index (χ1n) is 3.97. The van der Waals surface area contributed by atoms with Gasteiger partial charge in [-0.15, -0.1) is 0 Å². The Morgan fingerprint density at radius 2 is 2.00 bits per heavy atom. The molecule has 2 nitrogen and oxygen atoms in total. The van der Waals surface area contributed by atoms with Crippen LogP contribution < -0.4 is 0 Å². The Hall–Kier alpha value is 0.350. The molecule has 1 aliphatic rings. The van der Waals surface area contributed by atoms with Crippen LogP contribution in [0.1, 0.15) is 19.3 Å². The van der Waals surface area contributed by atoms with E-state index in [4.69, 9.17) is 4.52 Å². The van der Waals surface area contributed by atoms with E-state index in [-0.39, 0.29) is 0 Å². The Morgan fingerprint density at radius 3 is 2.60 bits per heavy atom. The quantitative estimate of drug-likeness (QED) is 0.455. The van der Waals surface area contributed by atoms with Crippen LogP contribution in [-0.2, 0) is 4.52 Å². The first kappa shape index (κ1) is 8.45. The van der Waals surface area contributed by atoms with Crippen LogP contribution in [0.4, 0.5) is 0 Å². The van der Waals surface area contributed by atoms with E-state index in [0.29, 0.717) is 0 Å². The molecule has 0 aliphatic carbocycles. The lowest BCUT2D eigenvalue weighted by Gasteiger charge is -2.12. The Bertz CT molecular complexity index is 83.7. The van der Waals surface area contributed by atoms with Crippen molar-refractivity contribution in [3.05, 3.63) is 0 Å². The fourth-order valence-corrected chi connectivity index (χ4v) is 1.54. The van der Waals surface area contributed by atoms with Crippen LogP contribution in [0, 0.1) is 0 Å². The molecule has 3 heteroatoms. The zero-order chi connectivity index (χ0) is 7.23. The lowest BCUT2D eigenvalue weighted by Crippen LogP contribution is -2.21. The van der Waals surface area contributed by atoms with E-state index in [2.05, 4.69) is 14.4 Å². The van der Waals surface area contributed by atoms with Gasteiger partial charge in [-0.05, 0) is 32.4 Å². The lowest BCUT2D eigenvalue weighted by atomic mass is 10.4. The standard InChI is InChI=1S/C7H16NOP/c10-9-7-3-6-8-4-1-2-5-8/h1-7,10H2. The van der Waals surface area contributed by atoms with Crippen molar-refractivity contribution in [1.82, 2.24) is 4.90 Å². The third-order valence-corrected chi connectivity index (χ3v) is 2.17. The van der Waals surface area contributed by atoms with Crippen molar-refractivity contribution in [2.75, 3.05) is 26.2 Å². The number of hydrogen-bond acceptors (Lipinski definition) is 2. The first-order valence-corrected chi connectivity index (χ1v) is 4.44. The average Bonchev–Trinajstić information content (AvgIpc) is 2.41. The van der Waals surface area contributed by atoms with Crippen molar-refractivity contribution in [1.29, 1.82) is 0 Å². The summed E-state index contributed by atoms with van der Waals surface area (Å²) in [6.45, 7) is 4.70. The van der Waals surface area contributed by atoms with Crippen LogP contribution in [-0.4, -0.2) is 31.1 Å². The van der Waals surface area contributed by atoms with Gasteiger partial charge in [0.25, 0.3) is 0 Å². The molecule has 0 bridgehead atoms. The van der Waals surface area contributed by atoms with Crippen LogP contribution in [0.3, 0.4) is 0 Å². The summed E-state index contributed by atoms with van der Waals surface area (Å²) in [5, 5.41) is 0. The Balaban J connectivity index is 1.91. The zero-order valence-electron chi connectivity index (χ0n) is 6.38. The second-order valence-electron chi connectivity index (χ2n) is 2.77. The molecule has 1 heterocycles. The van der Waals surface area contributed by atoms with Gasteiger partial charge in [-0.25, -0.2) is 0 Å². The highest BCUT2D eigenvalue weighted by atomic mass is 31.0. The van der Waals surface area contributed by atoms with Crippen LogP contribution in [0.5, 0.6) is 0 Å². The van der Waals surface area contributed by atoms with Gasteiger partial charge >= 0.3 is 0 Å². The Morgan fingerprint density at radius 1 is 1.30 bits per heavy atom. The van der Waals surface area contributed by atoms with Crippen LogP contribution in [0.15, 0.2) is 0 Å². The molecule has 0 aromatic heterocycles. The van der Waals surface area contributed by atoms with E-state index < -0.39 is 0 Å². The molecule has 10 heavy (non-hydrogen) atoms. The molecule has 1 unspecified atom stereocenters. The minimum Gasteiger partial charge on any atom is -0.366 e. The number of likely N-dealkylation sites (tertiary alicyclic amines) is 1. The minimum atomic E-state index is 0.876. The van der Waals surface area contributed by atoms with Gasteiger partial charge in [-0.2, -0.15) is 0 Å². The average molecular weight is 161 g/mol. The number of nitrogens with zero attached hydrogens (tertiary/aromatic N) is 1. The van der Waals surface area contributed by atoms with E-state index in [1.807, 2.05) is 0 Å². The van der Waals surface area contributed by atoms with Gasteiger partial charge in [0.15, 0.2) is 0 Å². The molecule has 1 atom stereocenters. The highest BCUT2D eigenvalue weighted by Gasteiger charge is 2.09. The molecule has 1 saturated heterocycles. The molecular formula is C7H16NOP. The van der Waals surface area contributed by atoms with E-state index in [1.165, 1.54) is 38.9 Å². The van der Waals surface area contributed by atoms with E-state index in [9.17, 15) is 0 Å². The van der Waals surface area contributed by atoms with Gasteiger partial charge in [0.05, 0.1) is 6.61 Å². The molecule has 1 fully saturated rings. The summed E-state index contributed by atoms with van der Waals surface area (Å²) in [7, 11) is 2.29. The summed E-state index contributed by atoms with van der Waals surface area (Å²) in [5.74, 6) is 0. The summed E-state index contributed by atoms with van der Waals surface area (Å²) in [6.07, 6.45) is 3.95. The third kappa shape index (κ3) is 2.96. The highest BCUT2D eigenvalue weighted by molar-refractivity contribution is 7.09. The maximum Gasteiger partial charge on any atom is 0.0514 e. The second-order valence-corrected chi connectivity index (χ2v) is 3.11. The van der Waals surface area contributed by atoms with Crippen molar-refractivity contribution in [3.63, 3.8) is 0 Å². The van der Waals surface area contributed by atoms with E-state index in [0.717, 1.165) is 6.61 Å². The predicted molar refractivity (Wildman–Crippen MR) is 46.0 cm³/mol. The summed E-state index contributed by atoms with van der Waals surface area (Å²) in [4.78, 5) is 2.50. The normalized spacial score (nSPS) is 20.1. The van der Waals surface area contributed by atoms with Crippen molar-refractivity contribution in [3.8, 4) is 0 Å². The monoisotopic (exact) mass is 161 g/mol.